The van der Waals surface area contributed by atoms with E-state index in [1.807, 2.05) is 4.68 Å². The number of hydrogen-bond donors (Lipinski definition) is 0. The summed E-state index contributed by atoms with van der Waals surface area (Å²) in [5, 5.41) is 4.88. The third-order valence-corrected chi connectivity index (χ3v) is 3.26. The molecule has 0 bridgehead atoms. The molecule has 0 spiro atoms. The quantitative estimate of drug-likeness (QED) is 0.812. The molecule has 1 aliphatic rings. The van der Waals surface area contributed by atoms with Gasteiger partial charge in [0.1, 0.15) is 5.78 Å². The minimum absolute atomic E-state index is 0.236. The largest absolute Gasteiger partial charge is 0.383 e. The molecule has 2 rings (SSSR count). The van der Waals surface area contributed by atoms with E-state index in [1.54, 1.807) is 13.3 Å². The van der Waals surface area contributed by atoms with E-state index in [1.165, 1.54) is 0 Å². The number of halogens is 1. The number of aromatic nitrogens is 2. The highest BCUT2D eigenvalue weighted by Gasteiger charge is 2.28. The summed E-state index contributed by atoms with van der Waals surface area (Å²) in [7, 11) is 1.66. The van der Waals surface area contributed by atoms with Crippen LogP contribution >= 0.6 is 11.6 Å². The van der Waals surface area contributed by atoms with Crippen LogP contribution in [-0.4, -0.2) is 29.3 Å². The van der Waals surface area contributed by atoms with Crippen LogP contribution in [0.5, 0.6) is 0 Å². The lowest BCUT2D eigenvalue weighted by Gasteiger charge is -2.12. The van der Waals surface area contributed by atoms with Gasteiger partial charge in [-0.05, 0) is 6.42 Å². The van der Waals surface area contributed by atoms with Gasteiger partial charge in [0.05, 0.1) is 30.1 Å². The predicted octanol–water partition coefficient (Wildman–Crippen LogP) is 2.02. The first-order valence-corrected chi connectivity index (χ1v) is 5.82. The van der Waals surface area contributed by atoms with Gasteiger partial charge >= 0.3 is 0 Å². The number of nitrogens with zero attached hydrogens (tertiary/aromatic N) is 2. The molecule has 1 atom stereocenters. The maximum Gasteiger partial charge on any atom is 0.133 e. The molecule has 1 saturated carbocycles. The van der Waals surface area contributed by atoms with Crippen LogP contribution in [0.1, 0.15) is 30.9 Å². The smallest absolute Gasteiger partial charge is 0.133 e. The van der Waals surface area contributed by atoms with Gasteiger partial charge < -0.3 is 4.74 Å². The van der Waals surface area contributed by atoms with Crippen LogP contribution in [0.4, 0.5) is 0 Å². The predicted molar refractivity (Wildman–Crippen MR) is 60.7 cm³/mol. The lowest BCUT2D eigenvalue weighted by atomic mass is 10.0. The molecule has 88 valence electrons. The average Bonchev–Trinajstić information content (AvgIpc) is 2.82. The van der Waals surface area contributed by atoms with Crippen molar-refractivity contribution in [2.24, 2.45) is 0 Å². The summed E-state index contributed by atoms with van der Waals surface area (Å²) in [6, 6.07) is 0. The molecular formula is C11H15ClN2O2. The first-order valence-electron chi connectivity index (χ1n) is 5.44. The zero-order chi connectivity index (χ0) is 11.5. The molecule has 0 amide bonds. The number of hydrogen-bond acceptors (Lipinski definition) is 3. The van der Waals surface area contributed by atoms with Gasteiger partial charge in [0.25, 0.3) is 0 Å². The fourth-order valence-corrected chi connectivity index (χ4v) is 2.48. The Balaban J connectivity index is 2.17. The minimum atomic E-state index is 0.236. The Bertz CT molecular complexity index is 389. The van der Waals surface area contributed by atoms with Crippen molar-refractivity contribution in [2.75, 3.05) is 13.7 Å². The van der Waals surface area contributed by atoms with Gasteiger partial charge in [-0.3, -0.25) is 9.48 Å². The molecule has 0 saturated heterocycles. The Hall–Kier alpha value is -0.870. The zero-order valence-corrected chi connectivity index (χ0v) is 10.0. The summed E-state index contributed by atoms with van der Waals surface area (Å²) in [4.78, 5) is 11.3. The van der Waals surface area contributed by atoms with Crippen LogP contribution < -0.4 is 0 Å². The molecule has 1 heterocycles. The number of carbonyl (C=O) groups excluding carboxylic acids is 1. The topological polar surface area (TPSA) is 44.1 Å². The summed E-state index contributed by atoms with van der Waals surface area (Å²) in [5.41, 5.74) is 0.990. The highest BCUT2D eigenvalue weighted by Crippen LogP contribution is 2.35. The summed E-state index contributed by atoms with van der Waals surface area (Å²) in [6.07, 6.45) is 3.79. The lowest BCUT2D eigenvalue weighted by molar-refractivity contribution is -0.117. The van der Waals surface area contributed by atoms with Crippen LogP contribution in [0.15, 0.2) is 6.20 Å². The standard InChI is InChI=1S/C11H15ClN2O2/c1-16-5-4-14-11(10(12)7-13-14)8-2-3-9(15)6-8/h7-8H,2-6H2,1H3. The molecule has 0 N–H and O–H groups in total. The van der Waals surface area contributed by atoms with Crippen LogP contribution in [0.3, 0.4) is 0 Å². The van der Waals surface area contributed by atoms with Crippen molar-refractivity contribution in [3.05, 3.63) is 16.9 Å². The van der Waals surface area contributed by atoms with Gasteiger partial charge in [-0.25, -0.2) is 0 Å². The molecule has 1 unspecified atom stereocenters. The fourth-order valence-electron chi connectivity index (χ4n) is 2.18. The van der Waals surface area contributed by atoms with E-state index in [9.17, 15) is 4.79 Å². The zero-order valence-electron chi connectivity index (χ0n) is 9.28. The molecular weight excluding hydrogens is 228 g/mol. The second-order valence-electron chi connectivity index (χ2n) is 4.07. The SMILES string of the molecule is COCCn1ncc(Cl)c1C1CCC(=O)C1. The molecule has 16 heavy (non-hydrogen) atoms. The van der Waals surface area contributed by atoms with Crippen molar-refractivity contribution >= 4 is 17.4 Å². The van der Waals surface area contributed by atoms with Crippen molar-refractivity contribution < 1.29 is 9.53 Å². The molecule has 4 nitrogen and oxygen atoms in total. The summed E-state index contributed by atoms with van der Waals surface area (Å²) < 4.78 is 6.88. The highest BCUT2D eigenvalue weighted by molar-refractivity contribution is 6.31. The number of methoxy groups -OCH3 is 1. The average molecular weight is 243 g/mol. The normalized spacial score (nSPS) is 20.6. The van der Waals surface area contributed by atoms with Crippen molar-refractivity contribution in [3.63, 3.8) is 0 Å². The highest BCUT2D eigenvalue weighted by atomic mass is 35.5. The Morgan fingerprint density at radius 2 is 2.50 bits per heavy atom. The van der Waals surface area contributed by atoms with E-state index >= 15 is 0 Å². The number of ether oxygens (including phenoxy) is 1. The summed E-state index contributed by atoms with van der Waals surface area (Å²) in [6.45, 7) is 1.29. The van der Waals surface area contributed by atoms with Gasteiger partial charge in [-0.2, -0.15) is 5.10 Å². The Morgan fingerprint density at radius 3 is 3.12 bits per heavy atom. The van der Waals surface area contributed by atoms with Gasteiger partial charge in [-0.15, -0.1) is 0 Å². The van der Waals surface area contributed by atoms with Gasteiger partial charge in [0.2, 0.25) is 0 Å². The molecule has 1 aromatic rings. The number of rotatable bonds is 4. The van der Waals surface area contributed by atoms with Crippen molar-refractivity contribution in [1.29, 1.82) is 0 Å². The second kappa shape index (κ2) is 4.97. The third-order valence-electron chi connectivity index (χ3n) is 2.97. The number of ketones is 1. The van der Waals surface area contributed by atoms with E-state index in [0.717, 1.165) is 12.1 Å². The van der Waals surface area contributed by atoms with E-state index in [-0.39, 0.29) is 5.92 Å². The molecule has 5 heteroatoms. The molecule has 1 aliphatic carbocycles. The van der Waals surface area contributed by atoms with E-state index in [4.69, 9.17) is 16.3 Å². The maximum atomic E-state index is 11.3. The molecule has 1 aromatic heterocycles. The van der Waals surface area contributed by atoms with Crippen LogP contribution in [0, 0.1) is 0 Å². The van der Waals surface area contributed by atoms with Crippen molar-refractivity contribution in [1.82, 2.24) is 9.78 Å². The van der Waals surface area contributed by atoms with Crippen molar-refractivity contribution in [3.8, 4) is 0 Å². The van der Waals surface area contributed by atoms with Gasteiger partial charge in [0, 0.05) is 25.9 Å². The van der Waals surface area contributed by atoms with E-state index in [0.29, 0.717) is 36.8 Å². The first-order chi connectivity index (χ1) is 7.72. The van der Waals surface area contributed by atoms with Crippen LogP contribution in [0.2, 0.25) is 5.02 Å². The second-order valence-corrected chi connectivity index (χ2v) is 4.48. The van der Waals surface area contributed by atoms with Gasteiger partial charge in [0.15, 0.2) is 0 Å². The van der Waals surface area contributed by atoms with E-state index < -0.39 is 0 Å². The van der Waals surface area contributed by atoms with E-state index in [2.05, 4.69) is 5.10 Å². The maximum absolute atomic E-state index is 11.3. The Labute approximate surface area is 99.5 Å². The molecule has 0 aromatic carbocycles. The summed E-state index contributed by atoms with van der Waals surface area (Å²) in [5.74, 6) is 0.555. The lowest BCUT2D eigenvalue weighted by Crippen LogP contribution is -2.12. The first kappa shape index (κ1) is 11.6. The number of carbonyl (C=O) groups is 1. The number of Topliss-reactive ketones (excluding diaryl/α,β-unsaturated/α-hetero) is 1. The molecule has 0 radical (unpaired) electrons. The monoisotopic (exact) mass is 242 g/mol. The van der Waals surface area contributed by atoms with Crippen LogP contribution in [0.25, 0.3) is 0 Å². The van der Waals surface area contributed by atoms with Crippen molar-refractivity contribution in [2.45, 2.75) is 31.7 Å². The minimum Gasteiger partial charge on any atom is -0.383 e. The molecule has 1 fully saturated rings. The Kier molecular flexibility index (Phi) is 3.61. The molecule has 0 aliphatic heterocycles. The summed E-state index contributed by atoms with van der Waals surface area (Å²) >= 11 is 6.12. The third kappa shape index (κ3) is 2.28. The van der Waals surface area contributed by atoms with Crippen LogP contribution in [-0.2, 0) is 16.1 Å². The Morgan fingerprint density at radius 1 is 1.69 bits per heavy atom. The van der Waals surface area contributed by atoms with Gasteiger partial charge in [-0.1, -0.05) is 11.6 Å². The fraction of sp³-hybridized carbons (Fsp3) is 0.636.